The highest BCUT2D eigenvalue weighted by Crippen LogP contribution is 2.35. The monoisotopic (exact) mass is 491 g/mol. The maximum absolute atomic E-state index is 13.3. The Kier molecular flexibility index (Phi) is 6.90. The van der Waals surface area contributed by atoms with Crippen molar-refractivity contribution >= 4 is 34.9 Å². The van der Waals surface area contributed by atoms with Crippen LogP contribution in [0.4, 0.5) is 0 Å². The van der Waals surface area contributed by atoms with Gasteiger partial charge in [0, 0.05) is 53.2 Å². The number of fused-ring (bicyclic) bond motifs is 1. The number of hydrogen-bond acceptors (Lipinski definition) is 4. The van der Waals surface area contributed by atoms with Crippen LogP contribution in [0.2, 0.25) is 5.02 Å². The van der Waals surface area contributed by atoms with Gasteiger partial charge >= 0.3 is 0 Å². The van der Waals surface area contributed by atoms with Crippen LogP contribution < -0.4 is 5.32 Å². The standard InChI is InChI=1S/C27H26ClN3O2S/c28-21-10-8-20(9-11-21)27(12-15-33-16-13-27)19-29-26(32)23-5-1-2-6-24(23)34-18-22-17-31-14-4-3-7-25(31)30-22/h1-11,14,17H,12-13,15-16,18-19H2,(H,29,32). The van der Waals surface area contributed by atoms with Gasteiger partial charge in [0.15, 0.2) is 0 Å². The molecule has 174 valence electrons. The molecule has 5 rings (SSSR count). The Morgan fingerprint density at radius 1 is 1.06 bits per heavy atom. The maximum Gasteiger partial charge on any atom is 0.252 e. The zero-order valence-electron chi connectivity index (χ0n) is 18.7. The first kappa shape index (κ1) is 23.0. The molecule has 0 bridgehead atoms. The second-order valence-electron chi connectivity index (χ2n) is 8.57. The molecule has 0 saturated carbocycles. The van der Waals surface area contributed by atoms with Crippen molar-refractivity contribution in [3.8, 4) is 0 Å². The van der Waals surface area contributed by atoms with E-state index < -0.39 is 0 Å². The molecule has 0 atom stereocenters. The summed E-state index contributed by atoms with van der Waals surface area (Å²) in [5.74, 6) is 0.635. The number of halogens is 1. The van der Waals surface area contributed by atoms with Crippen LogP contribution in [0.1, 0.15) is 34.5 Å². The smallest absolute Gasteiger partial charge is 0.252 e. The predicted octanol–water partition coefficient (Wildman–Crippen LogP) is 5.76. The molecule has 1 saturated heterocycles. The Morgan fingerprint density at radius 3 is 2.62 bits per heavy atom. The summed E-state index contributed by atoms with van der Waals surface area (Å²) < 4.78 is 7.64. The molecule has 0 aliphatic carbocycles. The Labute approximate surface area is 208 Å². The van der Waals surface area contributed by atoms with Gasteiger partial charge in [-0.3, -0.25) is 4.79 Å². The van der Waals surface area contributed by atoms with Crippen LogP contribution in [0.15, 0.2) is 84.0 Å². The molecule has 1 N–H and O–H groups in total. The molecule has 2 aromatic carbocycles. The van der Waals surface area contributed by atoms with Crippen LogP contribution in [0.3, 0.4) is 0 Å². The van der Waals surface area contributed by atoms with E-state index in [4.69, 9.17) is 16.3 Å². The third kappa shape index (κ3) is 4.99. The van der Waals surface area contributed by atoms with E-state index in [1.54, 1.807) is 11.8 Å². The molecule has 2 aromatic heterocycles. The first-order valence-electron chi connectivity index (χ1n) is 11.4. The summed E-state index contributed by atoms with van der Waals surface area (Å²) >= 11 is 7.75. The van der Waals surface area contributed by atoms with Gasteiger partial charge in [0.25, 0.3) is 5.91 Å². The van der Waals surface area contributed by atoms with Crippen molar-refractivity contribution < 1.29 is 9.53 Å². The molecule has 34 heavy (non-hydrogen) atoms. The average molecular weight is 492 g/mol. The number of benzene rings is 2. The van der Waals surface area contributed by atoms with Crippen molar-refractivity contribution in [1.82, 2.24) is 14.7 Å². The molecule has 0 spiro atoms. The highest BCUT2D eigenvalue weighted by Gasteiger charge is 2.35. The molecule has 4 aromatic rings. The minimum atomic E-state index is -0.156. The zero-order valence-corrected chi connectivity index (χ0v) is 20.3. The molecular weight excluding hydrogens is 466 g/mol. The Hall–Kier alpha value is -2.80. The molecular formula is C27H26ClN3O2S. The van der Waals surface area contributed by atoms with Gasteiger partial charge in [-0.05, 0) is 54.8 Å². The summed E-state index contributed by atoms with van der Waals surface area (Å²) in [5, 5.41) is 3.94. The van der Waals surface area contributed by atoms with Crippen molar-refractivity contribution in [3.05, 3.63) is 101 Å². The minimum absolute atomic E-state index is 0.0575. The maximum atomic E-state index is 13.3. The number of thioether (sulfide) groups is 1. The van der Waals surface area contributed by atoms with E-state index in [1.165, 1.54) is 5.56 Å². The fraction of sp³-hybridized carbons (Fsp3) is 0.259. The highest BCUT2D eigenvalue weighted by atomic mass is 35.5. The van der Waals surface area contributed by atoms with E-state index >= 15 is 0 Å². The van der Waals surface area contributed by atoms with Crippen molar-refractivity contribution in [2.24, 2.45) is 0 Å². The second-order valence-corrected chi connectivity index (χ2v) is 10.0. The molecule has 0 radical (unpaired) electrons. The van der Waals surface area contributed by atoms with E-state index in [0.29, 0.717) is 36.1 Å². The number of carbonyl (C=O) groups excluding carboxylic acids is 1. The first-order valence-corrected chi connectivity index (χ1v) is 12.8. The van der Waals surface area contributed by atoms with Crippen LogP contribution >= 0.6 is 23.4 Å². The predicted molar refractivity (Wildman–Crippen MR) is 137 cm³/mol. The first-order chi connectivity index (χ1) is 16.6. The van der Waals surface area contributed by atoms with Gasteiger partial charge < -0.3 is 14.5 Å². The number of carbonyl (C=O) groups is 1. The fourth-order valence-corrected chi connectivity index (χ4v) is 5.53. The molecule has 1 aliphatic rings. The molecule has 3 heterocycles. The van der Waals surface area contributed by atoms with Gasteiger partial charge in [0.05, 0.1) is 11.3 Å². The van der Waals surface area contributed by atoms with E-state index in [-0.39, 0.29) is 11.3 Å². The van der Waals surface area contributed by atoms with Crippen molar-refractivity contribution in [3.63, 3.8) is 0 Å². The lowest BCUT2D eigenvalue weighted by Crippen LogP contribution is -2.44. The number of rotatable bonds is 7. The molecule has 1 aliphatic heterocycles. The fourth-order valence-electron chi connectivity index (χ4n) is 4.47. The number of nitrogens with one attached hydrogen (secondary N) is 1. The van der Waals surface area contributed by atoms with Gasteiger partial charge in [-0.1, -0.05) is 41.9 Å². The summed E-state index contributed by atoms with van der Waals surface area (Å²) in [6, 6.07) is 21.7. The third-order valence-electron chi connectivity index (χ3n) is 6.41. The molecule has 7 heteroatoms. The normalized spacial score (nSPS) is 15.3. The SMILES string of the molecule is O=C(NCC1(c2ccc(Cl)cc2)CCOCC1)c1ccccc1SCc1cn2ccccc2n1. The van der Waals surface area contributed by atoms with E-state index in [9.17, 15) is 4.79 Å². The number of amides is 1. The summed E-state index contributed by atoms with van der Waals surface area (Å²) in [6.07, 6.45) is 5.75. The van der Waals surface area contributed by atoms with E-state index in [0.717, 1.165) is 29.1 Å². The lowest BCUT2D eigenvalue weighted by Gasteiger charge is -2.38. The van der Waals surface area contributed by atoms with Crippen LogP contribution in [0, 0.1) is 0 Å². The average Bonchev–Trinajstić information content (AvgIpc) is 3.30. The number of ether oxygens (including phenoxy) is 1. The third-order valence-corrected chi connectivity index (χ3v) is 7.77. The number of imidazole rings is 1. The highest BCUT2D eigenvalue weighted by molar-refractivity contribution is 7.98. The van der Waals surface area contributed by atoms with Crippen molar-refractivity contribution in [2.75, 3.05) is 19.8 Å². The van der Waals surface area contributed by atoms with Crippen molar-refractivity contribution in [2.45, 2.75) is 28.9 Å². The largest absolute Gasteiger partial charge is 0.381 e. The van der Waals surface area contributed by atoms with Crippen LogP contribution in [-0.4, -0.2) is 35.1 Å². The van der Waals surface area contributed by atoms with Gasteiger partial charge in [-0.25, -0.2) is 4.98 Å². The van der Waals surface area contributed by atoms with Crippen molar-refractivity contribution in [1.29, 1.82) is 0 Å². The lowest BCUT2D eigenvalue weighted by molar-refractivity contribution is 0.0487. The summed E-state index contributed by atoms with van der Waals surface area (Å²) in [5.41, 5.74) is 3.63. The zero-order chi connectivity index (χ0) is 23.4. The second kappa shape index (κ2) is 10.2. The molecule has 5 nitrogen and oxygen atoms in total. The van der Waals surface area contributed by atoms with E-state index in [1.807, 2.05) is 71.4 Å². The van der Waals surface area contributed by atoms with Crippen LogP contribution in [0.5, 0.6) is 0 Å². The number of pyridine rings is 1. The molecule has 1 amide bonds. The van der Waals surface area contributed by atoms with Gasteiger partial charge in [-0.15, -0.1) is 11.8 Å². The lowest BCUT2D eigenvalue weighted by atomic mass is 9.74. The molecule has 0 unspecified atom stereocenters. The summed E-state index contributed by atoms with van der Waals surface area (Å²) in [7, 11) is 0. The summed E-state index contributed by atoms with van der Waals surface area (Å²) in [6.45, 7) is 1.93. The quantitative estimate of drug-likeness (QED) is 0.334. The molecule has 1 fully saturated rings. The topological polar surface area (TPSA) is 55.6 Å². The Balaban J connectivity index is 1.30. The van der Waals surface area contributed by atoms with E-state index in [2.05, 4.69) is 22.4 Å². The number of aromatic nitrogens is 2. The van der Waals surface area contributed by atoms with Gasteiger partial charge in [0.2, 0.25) is 0 Å². The number of hydrogen-bond donors (Lipinski definition) is 1. The minimum Gasteiger partial charge on any atom is -0.381 e. The Bertz CT molecular complexity index is 1250. The van der Waals surface area contributed by atoms with Crippen LogP contribution in [0.25, 0.3) is 5.65 Å². The van der Waals surface area contributed by atoms with Gasteiger partial charge in [-0.2, -0.15) is 0 Å². The van der Waals surface area contributed by atoms with Crippen LogP contribution in [-0.2, 0) is 15.9 Å². The van der Waals surface area contributed by atoms with Gasteiger partial charge in [0.1, 0.15) is 5.65 Å². The number of nitrogens with zero attached hydrogens (tertiary/aromatic N) is 2. The Morgan fingerprint density at radius 2 is 1.82 bits per heavy atom. The summed E-state index contributed by atoms with van der Waals surface area (Å²) in [4.78, 5) is 18.9.